The molecule has 0 unspecified atom stereocenters. The van der Waals surface area contributed by atoms with Crippen LogP contribution in [0.1, 0.15) is 5.56 Å². The molecular weight excluding hydrogens is 433 g/mol. The Morgan fingerprint density at radius 3 is 1.48 bits per heavy atom. The van der Waals surface area contributed by atoms with Crippen molar-refractivity contribution in [3.8, 4) is 0 Å². The molecule has 0 radical (unpaired) electrons. The molecule has 0 atom stereocenters. The zero-order valence-electron chi connectivity index (χ0n) is 17.8. The van der Waals surface area contributed by atoms with Crippen LogP contribution in [0.15, 0.2) is 30.3 Å². The third kappa shape index (κ3) is 25.2. The van der Waals surface area contributed by atoms with E-state index >= 15 is 0 Å². The molecule has 31 heavy (non-hydrogen) atoms. The van der Waals surface area contributed by atoms with Gasteiger partial charge in [0, 0.05) is 6.54 Å². The fraction of sp³-hybridized carbons (Fsp3) is 0.684. The lowest BCUT2D eigenvalue weighted by molar-refractivity contribution is -0.0145. The van der Waals surface area contributed by atoms with Crippen LogP contribution in [0.3, 0.4) is 0 Å². The number of benzene rings is 1. The Kier molecular flexibility index (Phi) is 21.6. The summed E-state index contributed by atoms with van der Waals surface area (Å²) in [7, 11) is -4.41. The number of phosphoric acid groups is 1. The van der Waals surface area contributed by atoms with Gasteiger partial charge in [0.25, 0.3) is 0 Å². The van der Waals surface area contributed by atoms with Crippen molar-refractivity contribution in [2.24, 2.45) is 5.73 Å². The number of nitrogens with two attached hydrogens (primary N) is 1. The molecule has 0 aliphatic carbocycles. The van der Waals surface area contributed by atoms with Crippen LogP contribution in [-0.2, 0) is 39.4 Å². The first kappa shape index (κ1) is 30.0. The first-order chi connectivity index (χ1) is 15.0. The molecule has 1 aromatic rings. The number of rotatable bonds is 19. The normalized spacial score (nSPS) is 11.2. The molecule has 1 rings (SSSR count). The molecule has 0 aliphatic rings. The minimum Gasteiger partial charge on any atom is -0.395 e. The van der Waals surface area contributed by atoms with Gasteiger partial charge >= 0.3 is 7.82 Å². The Hall–Kier alpha value is -0.950. The molecule has 0 fully saturated rings. The Bertz CT molecular complexity index is 530. The maximum absolute atomic E-state index is 10.4. The average Bonchev–Trinajstić information content (AvgIpc) is 2.76. The summed E-state index contributed by atoms with van der Waals surface area (Å²) < 4.78 is 41.2. The van der Waals surface area contributed by atoms with Gasteiger partial charge in [-0.2, -0.15) is 0 Å². The SMILES string of the molecule is NCCO.O=P(O)(O)OCCOCCOCCOCCOCCOCc1ccccc1. The third-order valence-corrected chi connectivity index (χ3v) is 3.73. The summed E-state index contributed by atoms with van der Waals surface area (Å²) >= 11 is 0. The van der Waals surface area contributed by atoms with Crippen molar-refractivity contribution in [2.75, 3.05) is 79.2 Å². The molecular formula is C19H36NO10P. The van der Waals surface area contributed by atoms with Crippen LogP contribution < -0.4 is 5.73 Å². The smallest absolute Gasteiger partial charge is 0.395 e. The van der Waals surface area contributed by atoms with Gasteiger partial charge in [0.1, 0.15) is 0 Å². The number of hydrogen-bond acceptors (Lipinski definition) is 9. The van der Waals surface area contributed by atoms with Gasteiger partial charge in [-0.25, -0.2) is 4.57 Å². The first-order valence-electron chi connectivity index (χ1n) is 9.93. The zero-order chi connectivity index (χ0) is 23.0. The van der Waals surface area contributed by atoms with Crippen LogP contribution in [0, 0.1) is 0 Å². The third-order valence-electron chi connectivity index (χ3n) is 3.22. The Morgan fingerprint density at radius 1 is 0.710 bits per heavy atom. The highest BCUT2D eigenvalue weighted by atomic mass is 31.2. The highest BCUT2D eigenvalue weighted by Gasteiger charge is 2.12. The van der Waals surface area contributed by atoms with Crippen molar-refractivity contribution < 1.29 is 47.7 Å². The minimum atomic E-state index is -4.41. The summed E-state index contributed by atoms with van der Waals surface area (Å²) in [6.45, 7) is 4.60. The summed E-state index contributed by atoms with van der Waals surface area (Å²) in [6.07, 6.45) is 0. The van der Waals surface area contributed by atoms with Crippen molar-refractivity contribution in [3.05, 3.63) is 35.9 Å². The summed E-state index contributed by atoms with van der Waals surface area (Å²) in [5.41, 5.74) is 5.92. The van der Waals surface area contributed by atoms with Crippen LogP contribution >= 0.6 is 7.82 Å². The molecule has 0 bridgehead atoms. The van der Waals surface area contributed by atoms with Crippen LogP contribution in [0.25, 0.3) is 0 Å². The van der Waals surface area contributed by atoms with Crippen molar-refractivity contribution in [3.63, 3.8) is 0 Å². The van der Waals surface area contributed by atoms with E-state index in [0.717, 1.165) is 5.56 Å². The number of hydrogen-bond donors (Lipinski definition) is 4. The maximum atomic E-state index is 10.4. The Labute approximate surface area is 183 Å². The second-order valence-corrected chi connectivity index (χ2v) is 7.06. The minimum absolute atomic E-state index is 0.0946. The van der Waals surface area contributed by atoms with Crippen LogP contribution in [0.4, 0.5) is 0 Å². The van der Waals surface area contributed by atoms with Gasteiger partial charge in [0.2, 0.25) is 0 Å². The van der Waals surface area contributed by atoms with E-state index in [0.29, 0.717) is 66.0 Å². The number of aliphatic hydroxyl groups is 1. The topological polar surface area (TPSA) is 159 Å². The molecule has 0 spiro atoms. The van der Waals surface area contributed by atoms with E-state index in [-0.39, 0.29) is 19.8 Å². The fourth-order valence-electron chi connectivity index (χ4n) is 1.86. The molecule has 0 amide bonds. The lowest BCUT2D eigenvalue weighted by Gasteiger charge is -2.08. The van der Waals surface area contributed by atoms with Gasteiger partial charge in [-0.3, -0.25) is 4.52 Å². The summed E-state index contributed by atoms with van der Waals surface area (Å²) in [5, 5.41) is 7.75. The second kappa shape index (κ2) is 22.3. The molecule has 11 nitrogen and oxygen atoms in total. The summed E-state index contributed by atoms with van der Waals surface area (Å²) in [4.78, 5) is 16.9. The first-order valence-corrected chi connectivity index (χ1v) is 11.5. The average molecular weight is 469 g/mol. The van der Waals surface area contributed by atoms with Gasteiger partial charge < -0.3 is 44.3 Å². The van der Waals surface area contributed by atoms with E-state index in [2.05, 4.69) is 4.52 Å². The van der Waals surface area contributed by atoms with Crippen LogP contribution in [-0.4, -0.2) is 94.1 Å². The molecule has 0 aromatic heterocycles. The van der Waals surface area contributed by atoms with Crippen molar-refractivity contribution >= 4 is 7.82 Å². The molecule has 0 aliphatic heterocycles. The number of ether oxygens (including phenoxy) is 5. The molecule has 0 saturated heterocycles. The van der Waals surface area contributed by atoms with E-state index in [1.54, 1.807) is 0 Å². The van der Waals surface area contributed by atoms with Crippen LogP contribution in [0.5, 0.6) is 0 Å². The molecule has 1 aromatic carbocycles. The molecule has 0 saturated carbocycles. The van der Waals surface area contributed by atoms with Gasteiger partial charge in [-0.05, 0) is 5.56 Å². The molecule has 5 N–H and O–H groups in total. The standard InChI is InChI=1S/C17H29O9P.C2H7NO/c18-27(19,20)26-15-14-24-11-10-22-7-6-21-8-9-23-12-13-25-16-17-4-2-1-3-5-17;3-1-2-4/h1-5H,6-16H2,(H2,18,19,20);4H,1-3H2. The highest BCUT2D eigenvalue weighted by molar-refractivity contribution is 7.46. The molecule has 12 heteroatoms. The van der Waals surface area contributed by atoms with E-state index in [4.69, 9.17) is 44.3 Å². The van der Waals surface area contributed by atoms with Gasteiger partial charge in [0.05, 0.1) is 79.3 Å². The van der Waals surface area contributed by atoms with E-state index in [1.807, 2.05) is 30.3 Å². The number of aliphatic hydroxyl groups excluding tert-OH is 1. The predicted molar refractivity (Wildman–Crippen MR) is 114 cm³/mol. The fourth-order valence-corrected chi connectivity index (χ4v) is 2.17. The van der Waals surface area contributed by atoms with Crippen LogP contribution in [0.2, 0.25) is 0 Å². The predicted octanol–water partition coefficient (Wildman–Crippen LogP) is 0.316. The largest absolute Gasteiger partial charge is 0.469 e. The zero-order valence-corrected chi connectivity index (χ0v) is 18.7. The second-order valence-electron chi connectivity index (χ2n) is 5.82. The van der Waals surface area contributed by atoms with Gasteiger partial charge in [-0.1, -0.05) is 30.3 Å². The van der Waals surface area contributed by atoms with E-state index in [1.165, 1.54) is 0 Å². The van der Waals surface area contributed by atoms with Crippen molar-refractivity contribution in [2.45, 2.75) is 6.61 Å². The Balaban J connectivity index is 0.00000206. The number of phosphoric ester groups is 1. The van der Waals surface area contributed by atoms with Gasteiger partial charge in [-0.15, -0.1) is 0 Å². The lowest BCUT2D eigenvalue weighted by atomic mass is 10.2. The maximum Gasteiger partial charge on any atom is 0.469 e. The molecule has 182 valence electrons. The Morgan fingerprint density at radius 2 is 1.10 bits per heavy atom. The van der Waals surface area contributed by atoms with Crippen molar-refractivity contribution in [1.82, 2.24) is 0 Å². The summed E-state index contributed by atoms with van der Waals surface area (Å²) in [5.74, 6) is 0. The monoisotopic (exact) mass is 469 g/mol. The van der Waals surface area contributed by atoms with E-state index in [9.17, 15) is 4.57 Å². The summed E-state index contributed by atoms with van der Waals surface area (Å²) in [6, 6.07) is 9.97. The quantitative estimate of drug-likeness (QED) is 0.163. The van der Waals surface area contributed by atoms with Crippen molar-refractivity contribution in [1.29, 1.82) is 0 Å². The van der Waals surface area contributed by atoms with Gasteiger partial charge in [0.15, 0.2) is 0 Å². The molecule has 0 heterocycles. The highest BCUT2D eigenvalue weighted by Crippen LogP contribution is 2.35. The van der Waals surface area contributed by atoms with E-state index < -0.39 is 7.82 Å². The lowest BCUT2D eigenvalue weighted by Crippen LogP contribution is -2.13.